The minimum Gasteiger partial charge on any atom is -0.497 e. The van der Waals surface area contributed by atoms with Crippen LogP contribution >= 0.6 is 0 Å². The Hall–Kier alpha value is -2.78. The Morgan fingerprint density at radius 1 is 0.741 bits per heavy atom. The van der Waals surface area contributed by atoms with E-state index >= 15 is 0 Å². The van der Waals surface area contributed by atoms with Crippen molar-refractivity contribution in [2.75, 3.05) is 20.8 Å². The normalized spacial score (nSPS) is 10.8. The van der Waals surface area contributed by atoms with E-state index in [1.165, 1.54) is 16.7 Å². The third-order valence-electron chi connectivity index (χ3n) is 4.77. The summed E-state index contributed by atoms with van der Waals surface area (Å²) in [7, 11) is 3.42. The van der Waals surface area contributed by atoms with Gasteiger partial charge in [-0.2, -0.15) is 0 Å². The fourth-order valence-electron chi connectivity index (χ4n) is 3.32. The third kappa shape index (κ3) is 5.35. The van der Waals surface area contributed by atoms with E-state index in [1.54, 1.807) is 14.2 Å². The quantitative estimate of drug-likeness (QED) is 0.543. The van der Waals surface area contributed by atoms with Gasteiger partial charge in [0.25, 0.3) is 0 Å². The predicted octanol–water partition coefficient (Wildman–Crippen LogP) is 5.02. The van der Waals surface area contributed by atoms with Gasteiger partial charge in [0, 0.05) is 12.5 Å². The van der Waals surface area contributed by atoms with E-state index < -0.39 is 0 Å². The van der Waals surface area contributed by atoms with Gasteiger partial charge in [0.1, 0.15) is 11.5 Å². The first-order chi connectivity index (χ1) is 13.3. The molecule has 0 aliphatic heterocycles. The molecular weight excluding hydrogens is 334 g/mol. The first kappa shape index (κ1) is 19.0. The van der Waals surface area contributed by atoms with E-state index in [4.69, 9.17) is 9.47 Å². The number of nitrogens with one attached hydrogen (secondary N) is 1. The van der Waals surface area contributed by atoms with Crippen molar-refractivity contribution < 1.29 is 9.47 Å². The van der Waals surface area contributed by atoms with Gasteiger partial charge in [-0.25, -0.2) is 0 Å². The summed E-state index contributed by atoms with van der Waals surface area (Å²) in [5.74, 6) is 2.05. The van der Waals surface area contributed by atoms with Crippen molar-refractivity contribution in [3.63, 3.8) is 0 Å². The maximum atomic E-state index is 5.43. The molecular formula is C24H27NO2. The number of benzene rings is 3. The molecule has 0 aliphatic carbocycles. The Kier molecular flexibility index (Phi) is 6.89. The Morgan fingerprint density at radius 3 is 1.89 bits per heavy atom. The molecule has 3 nitrogen and oxygen atoms in total. The molecule has 0 amide bonds. The summed E-state index contributed by atoms with van der Waals surface area (Å²) < 4.78 is 10.9. The number of hydrogen-bond donors (Lipinski definition) is 1. The van der Waals surface area contributed by atoms with Crippen LogP contribution in [0.15, 0.2) is 78.9 Å². The largest absolute Gasteiger partial charge is 0.497 e. The topological polar surface area (TPSA) is 30.5 Å². The summed E-state index contributed by atoms with van der Waals surface area (Å²) in [6.07, 6.45) is 0.993. The average molecular weight is 361 g/mol. The first-order valence-electron chi connectivity index (χ1n) is 9.32. The first-order valence-corrected chi connectivity index (χ1v) is 9.32. The van der Waals surface area contributed by atoms with Crippen molar-refractivity contribution in [1.29, 1.82) is 0 Å². The van der Waals surface area contributed by atoms with Crippen LogP contribution in [0.2, 0.25) is 0 Å². The fourth-order valence-corrected chi connectivity index (χ4v) is 3.32. The van der Waals surface area contributed by atoms with E-state index in [0.29, 0.717) is 0 Å². The highest BCUT2D eigenvalue weighted by atomic mass is 16.5. The highest BCUT2D eigenvalue weighted by Crippen LogP contribution is 2.31. The number of ether oxygens (including phenoxy) is 2. The van der Waals surface area contributed by atoms with Crippen LogP contribution in [0.5, 0.6) is 11.5 Å². The smallest absolute Gasteiger partial charge is 0.119 e. The van der Waals surface area contributed by atoms with Crippen molar-refractivity contribution in [3.8, 4) is 11.5 Å². The van der Waals surface area contributed by atoms with Crippen molar-refractivity contribution in [3.05, 3.63) is 95.6 Å². The lowest BCUT2D eigenvalue weighted by atomic mass is 9.88. The van der Waals surface area contributed by atoms with Gasteiger partial charge in [-0.05, 0) is 53.9 Å². The van der Waals surface area contributed by atoms with Crippen molar-refractivity contribution >= 4 is 0 Å². The number of rotatable bonds is 9. The maximum absolute atomic E-state index is 5.43. The van der Waals surface area contributed by atoms with E-state index in [0.717, 1.165) is 31.0 Å². The van der Waals surface area contributed by atoms with Crippen LogP contribution < -0.4 is 14.8 Å². The van der Waals surface area contributed by atoms with E-state index in [2.05, 4.69) is 66.0 Å². The fraction of sp³-hybridized carbons (Fsp3) is 0.250. The lowest BCUT2D eigenvalue weighted by Gasteiger charge is -2.20. The molecule has 0 atom stereocenters. The molecule has 0 unspecified atom stereocenters. The Morgan fingerprint density at radius 2 is 1.33 bits per heavy atom. The number of hydrogen-bond acceptors (Lipinski definition) is 3. The predicted molar refractivity (Wildman–Crippen MR) is 111 cm³/mol. The molecule has 27 heavy (non-hydrogen) atoms. The number of methoxy groups -OCH3 is 2. The van der Waals surface area contributed by atoms with Gasteiger partial charge in [0.15, 0.2) is 0 Å². The molecule has 0 aliphatic rings. The zero-order valence-corrected chi connectivity index (χ0v) is 16.0. The monoisotopic (exact) mass is 361 g/mol. The van der Waals surface area contributed by atoms with Crippen LogP contribution in [0, 0.1) is 0 Å². The van der Waals surface area contributed by atoms with Crippen LogP contribution in [0.1, 0.15) is 29.0 Å². The average Bonchev–Trinajstić information content (AvgIpc) is 2.74. The van der Waals surface area contributed by atoms with Crippen LogP contribution in [-0.2, 0) is 6.54 Å². The molecule has 3 aromatic carbocycles. The molecule has 0 radical (unpaired) electrons. The SMILES string of the molecule is COc1cccc(C(CCNCc2ccccc2)c2cccc(OC)c2)c1. The summed E-state index contributed by atoms with van der Waals surface area (Å²) in [4.78, 5) is 0. The lowest BCUT2D eigenvalue weighted by Crippen LogP contribution is -2.17. The third-order valence-corrected chi connectivity index (χ3v) is 4.77. The van der Waals surface area contributed by atoms with Crippen LogP contribution in [0.3, 0.4) is 0 Å². The molecule has 0 spiro atoms. The highest BCUT2D eigenvalue weighted by molar-refractivity contribution is 5.40. The van der Waals surface area contributed by atoms with Crippen molar-refractivity contribution in [1.82, 2.24) is 5.32 Å². The van der Waals surface area contributed by atoms with Crippen LogP contribution in [0.25, 0.3) is 0 Å². The molecule has 0 fully saturated rings. The Balaban J connectivity index is 1.74. The summed E-state index contributed by atoms with van der Waals surface area (Å²) in [6.45, 7) is 1.80. The Bertz CT molecular complexity index is 785. The van der Waals surface area contributed by atoms with Gasteiger partial charge in [-0.1, -0.05) is 54.6 Å². The lowest BCUT2D eigenvalue weighted by molar-refractivity contribution is 0.413. The van der Waals surface area contributed by atoms with Crippen molar-refractivity contribution in [2.45, 2.75) is 18.9 Å². The minimum absolute atomic E-state index is 0.276. The van der Waals surface area contributed by atoms with Gasteiger partial charge in [-0.15, -0.1) is 0 Å². The molecule has 3 rings (SSSR count). The van der Waals surface area contributed by atoms with Gasteiger partial charge in [0.2, 0.25) is 0 Å². The summed E-state index contributed by atoms with van der Waals surface area (Å²) >= 11 is 0. The van der Waals surface area contributed by atoms with Crippen LogP contribution in [0.4, 0.5) is 0 Å². The van der Waals surface area contributed by atoms with Gasteiger partial charge >= 0.3 is 0 Å². The van der Waals surface area contributed by atoms with Crippen LogP contribution in [-0.4, -0.2) is 20.8 Å². The molecule has 0 bridgehead atoms. The second-order valence-corrected chi connectivity index (χ2v) is 6.56. The zero-order valence-electron chi connectivity index (χ0n) is 16.0. The molecule has 1 N–H and O–H groups in total. The Labute approximate surface area is 162 Å². The zero-order chi connectivity index (χ0) is 18.9. The van der Waals surface area contributed by atoms with E-state index in [1.807, 2.05) is 18.2 Å². The van der Waals surface area contributed by atoms with E-state index in [9.17, 15) is 0 Å². The second-order valence-electron chi connectivity index (χ2n) is 6.56. The summed E-state index contributed by atoms with van der Waals surface area (Å²) in [5.41, 5.74) is 3.81. The van der Waals surface area contributed by atoms with Gasteiger partial charge in [0.05, 0.1) is 14.2 Å². The molecule has 0 saturated carbocycles. The maximum Gasteiger partial charge on any atom is 0.119 e. The summed E-state index contributed by atoms with van der Waals surface area (Å²) in [6, 6.07) is 27.2. The molecule has 0 saturated heterocycles. The minimum atomic E-state index is 0.276. The second kappa shape index (κ2) is 9.79. The van der Waals surface area contributed by atoms with Crippen molar-refractivity contribution in [2.24, 2.45) is 0 Å². The summed E-state index contributed by atoms with van der Waals surface area (Å²) in [5, 5.41) is 3.57. The van der Waals surface area contributed by atoms with E-state index in [-0.39, 0.29) is 5.92 Å². The molecule has 3 aromatic rings. The molecule has 0 aromatic heterocycles. The standard InChI is InChI=1S/C24H27NO2/c1-26-22-12-6-10-20(16-22)24(21-11-7-13-23(17-21)27-2)14-15-25-18-19-8-4-3-5-9-19/h3-13,16-17,24-25H,14-15,18H2,1-2H3. The molecule has 3 heteroatoms. The molecule has 140 valence electrons. The molecule has 0 heterocycles. The van der Waals surface area contributed by atoms with Gasteiger partial charge < -0.3 is 14.8 Å². The highest BCUT2D eigenvalue weighted by Gasteiger charge is 2.15. The van der Waals surface area contributed by atoms with Gasteiger partial charge in [-0.3, -0.25) is 0 Å².